The van der Waals surface area contributed by atoms with Gasteiger partial charge in [-0.2, -0.15) is 0 Å². The third kappa shape index (κ3) is 5.07. The Kier molecular flexibility index (Phi) is 6.26. The number of carbonyl (C=O) groups is 2. The average molecular weight is 398 g/mol. The number of para-hydroxylation sites is 1. The van der Waals surface area contributed by atoms with E-state index in [1.807, 2.05) is 38.1 Å². The first-order valence-corrected chi connectivity index (χ1v) is 9.92. The van der Waals surface area contributed by atoms with Gasteiger partial charge in [0.2, 0.25) is 5.91 Å². The summed E-state index contributed by atoms with van der Waals surface area (Å²) < 4.78 is 6.81. The Bertz CT molecular complexity index is 964. The Morgan fingerprint density at radius 2 is 2.00 bits per heavy atom. The lowest BCUT2D eigenvalue weighted by Gasteiger charge is -2.15. The number of amides is 1. The number of nitrogens with zero attached hydrogens (tertiary/aromatic N) is 1. The minimum absolute atomic E-state index is 0.0923. The van der Waals surface area contributed by atoms with Crippen molar-refractivity contribution in [1.29, 1.82) is 0 Å². The maximum absolute atomic E-state index is 12.4. The molecule has 0 saturated heterocycles. The van der Waals surface area contributed by atoms with E-state index in [4.69, 9.17) is 4.74 Å². The normalized spacial score (nSPS) is 11.0. The van der Waals surface area contributed by atoms with Gasteiger partial charge >= 0.3 is 5.97 Å². The maximum atomic E-state index is 12.4. The number of hydrogen-bond donors (Lipinski definition) is 2. The molecule has 0 aliphatic carbocycles. The quantitative estimate of drug-likeness (QED) is 0.572. The Labute approximate surface area is 167 Å². The van der Waals surface area contributed by atoms with Crippen LogP contribution in [0.3, 0.4) is 0 Å². The van der Waals surface area contributed by atoms with Crippen LogP contribution in [0.2, 0.25) is 0 Å². The lowest BCUT2D eigenvalue weighted by atomic mass is 10.1. The van der Waals surface area contributed by atoms with E-state index in [1.165, 1.54) is 12.1 Å². The van der Waals surface area contributed by atoms with E-state index < -0.39 is 5.97 Å². The highest BCUT2D eigenvalue weighted by Gasteiger charge is 2.13. The molecule has 2 N–H and O–H groups in total. The highest BCUT2D eigenvalue weighted by molar-refractivity contribution is 7.18. The summed E-state index contributed by atoms with van der Waals surface area (Å²) in [5.41, 5.74) is 1.45. The smallest absolute Gasteiger partial charge is 0.335 e. The summed E-state index contributed by atoms with van der Waals surface area (Å²) in [6, 6.07) is 12.4. The molecule has 3 rings (SSSR count). The molecule has 28 heavy (non-hydrogen) atoms. The summed E-state index contributed by atoms with van der Waals surface area (Å²) in [5.74, 6) is -0.779. The van der Waals surface area contributed by atoms with Crippen molar-refractivity contribution in [2.75, 3.05) is 5.32 Å². The van der Waals surface area contributed by atoms with Crippen LogP contribution in [-0.4, -0.2) is 28.1 Å². The zero-order chi connectivity index (χ0) is 20.1. The molecule has 0 fully saturated rings. The standard InChI is InChI=1S/C21H22N2O4S/c1-13(2)27-17-11-10-14(21(25)26)12-16(17)22-19(24)8-5-9-20-23-15-6-3-4-7-18(15)28-20/h3-4,6-7,10-13H,5,8-9H2,1-2H3,(H,22,24)(H,25,26). The molecule has 146 valence electrons. The number of aromatic carboxylic acids is 1. The van der Waals surface area contributed by atoms with E-state index in [-0.39, 0.29) is 17.6 Å². The molecule has 0 bridgehead atoms. The van der Waals surface area contributed by atoms with Crippen molar-refractivity contribution in [3.63, 3.8) is 0 Å². The minimum atomic E-state index is -1.05. The number of carboxylic acid groups (broad SMARTS) is 1. The number of benzene rings is 2. The number of rotatable bonds is 8. The molecule has 2 aromatic carbocycles. The van der Waals surface area contributed by atoms with Gasteiger partial charge in [-0.1, -0.05) is 12.1 Å². The van der Waals surface area contributed by atoms with Crippen LogP contribution >= 0.6 is 11.3 Å². The van der Waals surface area contributed by atoms with Crippen molar-refractivity contribution in [3.05, 3.63) is 53.0 Å². The number of aromatic nitrogens is 1. The van der Waals surface area contributed by atoms with Gasteiger partial charge in [0, 0.05) is 6.42 Å². The monoisotopic (exact) mass is 398 g/mol. The van der Waals surface area contributed by atoms with Crippen LogP contribution in [0.15, 0.2) is 42.5 Å². The first-order chi connectivity index (χ1) is 13.4. The second kappa shape index (κ2) is 8.84. The Balaban J connectivity index is 1.61. The molecule has 0 spiro atoms. The number of carbonyl (C=O) groups excluding carboxylic acids is 1. The molecule has 0 radical (unpaired) electrons. The molecule has 7 heteroatoms. The average Bonchev–Trinajstić information content (AvgIpc) is 3.05. The number of aryl methyl sites for hydroxylation is 1. The minimum Gasteiger partial charge on any atom is -0.489 e. The summed E-state index contributed by atoms with van der Waals surface area (Å²) in [6.45, 7) is 3.74. The Morgan fingerprint density at radius 1 is 1.21 bits per heavy atom. The van der Waals surface area contributed by atoms with Gasteiger partial charge in [0.05, 0.1) is 32.6 Å². The number of anilines is 1. The highest BCUT2D eigenvalue weighted by Crippen LogP contribution is 2.28. The molecule has 3 aromatic rings. The van der Waals surface area contributed by atoms with Gasteiger partial charge < -0.3 is 15.2 Å². The molecule has 0 aliphatic rings. The zero-order valence-corrected chi connectivity index (χ0v) is 16.6. The number of fused-ring (bicyclic) bond motifs is 1. The van der Waals surface area contributed by atoms with Crippen LogP contribution in [0.1, 0.15) is 42.1 Å². The van der Waals surface area contributed by atoms with Gasteiger partial charge in [-0.05, 0) is 57.0 Å². The van der Waals surface area contributed by atoms with E-state index in [0.29, 0.717) is 24.3 Å². The van der Waals surface area contributed by atoms with Crippen molar-refractivity contribution in [3.8, 4) is 5.75 Å². The molecule has 0 atom stereocenters. The van der Waals surface area contributed by atoms with Crippen molar-refractivity contribution in [1.82, 2.24) is 4.98 Å². The molecular formula is C21H22N2O4S. The van der Waals surface area contributed by atoms with Gasteiger partial charge in [-0.15, -0.1) is 11.3 Å². The molecule has 0 unspecified atom stereocenters. The first-order valence-electron chi connectivity index (χ1n) is 9.10. The van der Waals surface area contributed by atoms with Gasteiger partial charge in [-0.3, -0.25) is 4.79 Å². The maximum Gasteiger partial charge on any atom is 0.335 e. The second-order valence-corrected chi connectivity index (χ2v) is 7.77. The molecular weight excluding hydrogens is 376 g/mol. The van der Waals surface area contributed by atoms with Crippen LogP contribution in [-0.2, 0) is 11.2 Å². The highest BCUT2D eigenvalue weighted by atomic mass is 32.1. The van der Waals surface area contributed by atoms with Crippen LogP contribution in [0.5, 0.6) is 5.75 Å². The van der Waals surface area contributed by atoms with Crippen LogP contribution < -0.4 is 10.1 Å². The van der Waals surface area contributed by atoms with Crippen molar-refractivity contribution >= 4 is 39.1 Å². The van der Waals surface area contributed by atoms with Gasteiger partial charge in [-0.25, -0.2) is 9.78 Å². The summed E-state index contributed by atoms with van der Waals surface area (Å²) in [7, 11) is 0. The lowest BCUT2D eigenvalue weighted by Crippen LogP contribution is -2.15. The van der Waals surface area contributed by atoms with E-state index in [1.54, 1.807) is 17.4 Å². The number of ether oxygens (including phenoxy) is 1. The first kappa shape index (κ1) is 19.8. The summed E-state index contributed by atoms with van der Waals surface area (Å²) in [6.07, 6.45) is 1.60. The third-order valence-electron chi connectivity index (χ3n) is 4.00. The predicted octanol–water partition coefficient (Wildman–Crippen LogP) is 4.74. The lowest BCUT2D eigenvalue weighted by molar-refractivity contribution is -0.116. The fourth-order valence-electron chi connectivity index (χ4n) is 2.76. The SMILES string of the molecule is CC(C)Oc1ccc(C(=O)O)cc1NC(=O)CCCc1nc2ccccc2s1. The largest absolute Gasteiger partial charge is 0.489 e. The van der Waals surface area contributed by atoms with E-state index in [2.05, 4.69) is 10.3 Å². The summed E-state index contributed by atoms with van der Waals surface area (Å²) >= 11 is 1.64. The van der Waals surface area contributed by atoms with Gasteiger partial charge in [0.25, 0.3) is 0 Å². The fraction of sp³-hybridized carbons (Fsp3) is 0.286. The molecule has 1 amide bonds. The Hall–Kier alpha value is -2.93. The second-order valence-electron chi connectivity index (χ2n) is 6.66. The molecule has 1 aromatic heterocycles. The number of thiazole rings is 1. The number of hydrogen-bond acceptors (Lipinski definition) is 5. The Morgan fingerprint density at radius 3 is 2.71 bits per heavy atom. The molecule has 0 aliphatic heterocycles. The fourth-order valence-corrected chi connectivity index (χ4v) is 3.77. The van der Waals surface area contributed by atoms with Crippen molar-refractivity contribution < 1.29 is 19.4 Å². The topological polar surface area (TPSA) is 88.5 Å². The van der Waals surface area contributed by atoms with E-state index >= 15 is 0 Å². The van der Waals surface area contributed by atoms with Gasteiger partial charge in [0.1, 0.15) is 5.75 Å². The van der Waals surface area contributed by atoms with E-state index in [0.717, 1.165) is 21.6 Å². The number of carboxylic acids is 1. The van der Waals surface area contributed by atoms with Crippen molar-refractivity contribution in [2.24, 2.45) is 0 Å². The summed E-state index contributed by atoms with van der Waals surface area (Å²) in [4.78, 5) is 28.2. The summed E-state index contributed by atoms with van der Waals surface area (Å²) in [5, 5.41) is 13.0. The van der Waals surface area contributed by atoms with Crippen molar-refractivity contribution in [2.45, 2.75) is 39.2 Å². The zero-order valence-electron chi connectivity index (χ0n) is 15.8. The number of nitrogens with one attached hydrogen (secondary N) is 1. The predicted molar refractivity (Wildman–Crippen MR) is 110 cm³/mol. The van der Waals surface area contributed by atoms with Gasteiger partial charge in [0.15, 0.2) is 0 Å². The third-order valence-corrected chi connectivity index (χ3v) is 5.09. The van der Waals surface area contributed by atoms with E-state index in [9.17, 15) is 14.7 Å². The molecule has 0 saturated carbocycles. The van der Waals surface area contributed by atoms with Crippen LogP contribution in [0.25, 0.3) is 10.2 Å². The van der Waals surface area contributed by atoms with Crippen LogP contribution in [0, 0.1) is 0 Å². The van der Waals surface area contributed by atoms with Crippen LogP contribution in [0.4, 0.5) is 5.69 Å². The molecule has 6 nitrogen and oxygen atoms in total. The molecule has 1 heterocycles.